The lowest BCUT2D eigenvalue weighted by Gasteiger charge is -2.27. The maximum atomic E-state index is 12.9. The van der Waals surface area contributed by atoms with Crippen molar-refractivity contribution in [1.29, 1.82) is 0 Å². The first kappa shape index (κ1) is 16.9. The first-order chi connectivity index (χ1) is 8.95. The molecule has 0 saturated carbocycles. The highest BCUT2D eigenvalue weighted by Gasteiger charge is 2.35. The number of carboxylic acid groups (broad SMARTS) is 1. The molecule has 1 rings (SSSR count). The van der Waals surface area contributed by atoms with Gasteiger partial charge in [0.25, 0.3) is 0 Å². The van der Waals surface area contributed by atoms with Crippen LogP contribution in [0, 0.1) is 11.2 Å². The van der Waals surface area contributed by atoms with E-state index >= 15 is 0 Å². The minimum Gasteiger partial charge on any atom is -0.480 e. The molecule has 1 aromatic rings. The van der Waals surface area contributed by atoms with E-state index < -0.39 is 33.3 Å². The number of hydrogen-bond donors (Lipinski definition) is 2. The second-order valence-corrected chi connectivity index (χ2v) is 7.42. The molecule has 0 aromatic heterocycles. The number of hydrogen-bond acceptors (Lipinski definition) is 3. The molecule has 0 aliphatic rings. The Hall–Kier alpha value is -1.18. The van der Waals surface area contributed by atoms with Gasteiger partial charge in [0.05, 0.1) is 5.02 Å². The number of sulfonamides is 1. The molecule has 5 nitrogen and oxygen atoms in total. The topological polar surface area (TPSA) is 83.5 Å². The number of carboxylic acids is 1. The predicted molar refractivity (Wildman–Crippen MR) is 72.6 cm³/mol. The third-order valence-electron chi connectivity index (χ3n) is 2.57. The minimum absolute atomic E-state index is 0.310. The van der Waals surface area contributed by atoms with Crippen molar-refractivity contribution in [3.63, 3.8) is 0 Å². The van der Waals surface area contributed by atoms with Crippen molar-refractivity contribution in [3.05, 3.63) is 29.0 Å². The molecule has 0 aliphatic carbocycles. The second-order valence-electron chi connectivity index (χ2n) is 5.33. The molecule has 0 saturated heterocycles. The van der Waals surface area contributed by atoms with Crippen LogP contribution >= 0.6 is 11.6 Å². The SMILES string of the molecule is CC(C)(C)C(NS(=O)(=O)c1ccc(F)cc1Cl)C(=O)O. The average Bonchev–Trinajstić information content (AvgIpc) is 2.23. The van der Waals surface area contributed by atoms with Crippen LogP contribution in [-0.2, 0) is 14.8 Å². The first-order valence-corrected chi connectivity index (χ1v) is 7.51. The normalized spacial score (nSPS) is 14.1. The number of aliphatic carboxylic acids is 1. The Labute approximate surface area is 121 Å². The summed E-state index contributed by atoms with van der Waals surface area (Å²) < 4.78 is 39.3. The lowest BCUT2D eigenvalue weighted by molar-refractivity contribution is -0.141. The molecule has 0 amide bonds. The van der Waals surface area contributed by atoms with Gasteiger partial charge in [0.1, 0.15) is 16.8 Å². The van der Waals surface area contributed by atoms with Crippen LogP contribution in [0.25, 0.3) is 0 Å². The molecule has 0 aliphatic heterocycles. The van der Waals surface area contributed by atoms with Crippen LogP contribution in [0.1, 0.15) is 20.8 Å². The fraction of sp³-hybridized carbons (Fsp3) is 0.417. The van der Waals surface area contributed by atoms with E-state index in [2.05, 4.69) is 4.72 Å². The second kappa shape index (κ2) is 5.67. The summed E-state index contributed by atoms with van der Waals surface area (Å²) in [6, 6.07) is 1.44. The fourth-order valence-electron chi connectivity index (χ4n) is 1.51. The fourth-order valence-corrected chi connectivity index (χ4v) is 3.44. The highest BCUT2D eigenvalue weighted by atomic mass is 35.5. The number of halogens is 2. The molecule has 20 heavy (non-hydrogen) atoms. The van der Waals surface area contributed by atoms with Crippen LogP contribution in [0.15, 0.2) is 23.1 Å². The highest BCUT2D eigenvalue weighted by Crippen LogP contribution is 2.25. The molecule has 1 atom stereocenters. The van der Waals surface area contributed by atoms with Gasteiger partial charge in [0.15, 0.2) is 0 Å². The number of benzene rings is 1. The molecule has 0 bridgehead atoms. The number of carbonyl (C=O) groups is 1. The van der Waals surface area contributed by atoms with E-state index in [9.17, 15) is 17.6 Å². The molecule has 0 radical (unpaired) electrons. The first-order valence-electron chi connectivity index (χ1n) is 5.65. The monoisotopic (exact) mass is 323 g/mol. The molecule has 1 aromatic carbocycles. The van der Waals surface area contributed by atoms with Crippen molar-refractivity contribution in [2.45, 2.75) is 31.7 Å². The molecule has 1 unspecified atom stereocenters. The van der Waals surface area contributed by atoms with Crippen molar-refractivity contribution in [1.82, 2.24) is 4.72 Å². The maximum Gasteiger partial charge on any atom is 0.322 e. The molecular formula is C12H15ClFNO4S. The molecular weight excluding hydrogens is 309 g/mol. The van der Waals surface area contributed by atoms with Crippen LogP contribution in [0.3, 0.4) is 0 Å². The van der Waals surface area contributed by atoms with Crippen LogP contribution in [-0.4, -0.2) is 25.5 Å². The summed E-state index contributed by atoms with van der Waals surface area (Å²) in [6.07, 6.45) is 0. The van der Waals surface area contributed by atoms with Gasteiger partial charge >= 0.3 is 5.97 Å². The van der Waals surface area contributed by atoms with Gasteiger partial charge in [-0.3, -0.25) is 4.79 Å². The molecule has 8 heteroatoms. The van der Waals surface area contributed by atoms with Gasteiger partial charge in [0, 0.05) is 0 Å². The average molecular weight is 324 g/mol. The van der Waals surface area contributed by atoms with Gasteiger partial charge in [-0.1, -0.05) is 32.4 Å². The molecule has 2 N–H and O–H groups in total. The summed E-state index contributed by atoms with van der Waals surface area (Å²) in [4.78, 5) is 10.8. The van der Waals surface area contributed by atoms with E-state index in [1.54, 1.807) is 20.8 Å². The number of rotatable bonds is 4. The van der Waals surface area contributed by atoms with Crippen molar-refractivity contribution in [3.8, 4) is 0 Å². The van der Waals surface area contributed by atoms with E-state index in [4.69, 9.17) is 16.7 Å². The Morgan fingerprint density at radius 2 is 1.95 bits per heavy atom. The summed E-state index contributed by atoms with van der Waals surface area (Å²) in [5, 5.41) is 8.80. The van der Waals surface area contributed by atoms with E-state index in [1.807, 2.05) is 0 Å². The van der Waals surface area contributed by atoms with Gasteiger partial charge < -0.3 is 5.11 Å². The van der Waals surface area contributed by atoms with Crippen molar-refractivity contribution >= 4 is 27.6 Å². The largest absolute Gasteiger partial charge is 0.480 e. The number of nitrogens with one attached hydrogen (secondary N) is 1. The Bertz CT molecular complexity index is 625. The van der Waals surface area contributed by atoms with Crippen molar-refractivity contribution in [2.75, 3.05) is 0 Å². The lowest BCUT2D eigenvalue weighted by Crippen LogP contribution is -2.49. The third kappa shape index (κ3) is 3.91. The smallest absolute Gasteiger partial charge is 0.322 e. The Morgan fingerprint density at radius 1 is 1.40 bits per heavy atom. The van der Waals surface area contributed by atoms with Crippen molar-refractivity contribution < 1.29 is 22.7 Å². The summed E-state index contributed by atoms with van der Waals surface area (Å²) >= 11 is 5.68. The van der Waals surface area contributed by atoms with Crippen LogP contribution < -0.4 is 4.72 Å². The molecule has 0 spiro atoms. The van der Waals surface area contributed by atoms with E-state index in [0.29, 0.717) is 0 Å². The summed E-state index contributed by atoms with van der Waals surface area (Å²) in [7, 11) is -4.16. The van der Waals surface area contributed by atoms with Crippen LogP contribution in [0.5, 0.6) is 0 Å². The van der Waals surface area contributed by atoms with Crippen LogP contribution in [0.2, 0.25) is 5.02 Å². The van der Waals surface area contributed by atoms with E-state index in [-0.39, 0.29) is 9.92 Å². The quantitative estimate of drug-likeness (QED) is 0.890. The van der Waals surface area contributed by atoms with Gasteiger partial charge in [-0.2, -0.15) is 4.72 Å². The van der Waals surface area contributed by atoms with E-state index in [0.717, 1.165) is 18.2 Å². The van der Waals surface area contributed by atoms with Gasteiger partial charge in [-0.25, -0.2) is 12.8 Å². The van der Waals surface area contributed by atoms with Gasteiger partial charge in [0.2, 0.25) is 10.0 Å². The zero-order valence-corrected chi connectivity index (χ0v) is 12.7. The Kier molecular flexibility index (Phi) is 4.78. The van der Waals surface area contributed by atoms with Gasteiger partial charge in [-0.05, 0) is 23.6 Å². The summed E-state index contributed by atoms with van der Waals surface area (Å²) in [5.74, 6) is -1.99. The highest BCUT2D eigenvalue weighted by molar-refractivity contribution is 7.89. The van der Waals surface area contributed by atoms with Gasteiger partial charge in [-0.15, -0.1) is 0 Å². The Balaban J connectivity index is 3.20. The lowest BCUT2D eigenvalue weighted by atomic mass is 9.88. The third-order valence-corrected chi connectivity index (χ3v) is 4.48. The Morgan fingerprint density at radius 3 is 2.35 bits per heavy atom. The van der Waals surface area contributed by atoms with Crippen molar-refractivity contribution in [2.24, 2.45) is 5.41 Å². The van der Waals surface area contributed by atoms with Crippen LogP contribution in [0.4, 0.5) is 4.39 Å². The predicted octanol–water partition coefficient (Wildman–Crippen LogP) is 2.26. The standard InChI is InChI=1S/C12H15ClFNO4S/c1-12(2,3)10(11(16)17)15-20(18,19)9-5-4-7(14)6-8(9)13/h4-6,10,15H,1-3H3,(H,16,17). The maximum absolute atomic E-state index is 12.9. The zero-order valence-electron chi connectivity index (χ0n) is 11.1. The summed E-state index contributed by atoms with van der Waals surface area (Å²) in [5.41, 5.74) is -0.842. The van der Waals surface area contributed by atoms with E-state index in [1.165, 1.54) is 0 Å². The minimum atomic E-state index is -4.16. The molecule has 112 valence electrons. The summed E-state index contributed by atoms with van der Waals surface area (Å²) in [6.45, 7) is 4.75. The zero-order chi connectivity index (χ0) is 15.7. The molecule has 0 heterocycles. The molecule has 0 fully saturated rings.